The minimum atomic E-state index is 0.472. The molecule has 0 aliphatic heterocycles. The van der Waals surface area contributed by atoms with E-state index in [4.69, 9.17) is 21.1 Å². The Morgan fingerprint density at radius 1 is 0.964 bits per heavy atom. The molecule has 0 saturated heterocycles. The molecule has 3 aromatic rings. The average Bonchev–Trinajstić information content (AvgIpc) is 2.66. The lowest BCUT2D eigenvalue weighted by atomic mass is 10.2. The van der Waals surface area contributed by atoms with E-state index < -0.39 is 0 Å². The summed E-state index contributed by atoms with van der Waals surface area (Å²) in [5, 5.41) is 7.18. The lowest BCUT2D eigenvalue weighted by Crippen LogP contribution is -2.04. The summed E-state index contributed by atoms with van der Waals surface area (Å²) in [4.78, 5) is 9.05. The third kappa shape index (κ3) is 4.64. The van der Waals surface area contributed by atoms with E-state index in [-0.39, 0.29) is 0 Å². The maximum Gasteiger partial charge on any atom is 0.229 e. The van der Waals surface area contributed by atoms with Gasteiger partial charge in [-0.2, -0.15) is 4.98 Å². The molecular formula is C21H23ClN4O2. The Labute approximate surface area is 169 Å². The van der Waals surface area contributed by atoms with Crippen molar-refractivity contribution >= 4 is 34.7 Å². The Kier molecular flexibility index (Phi) is 6.21. The zero-order valence-electron chi connectivity index (χ0n) is 16.3. The van der Waals surface area contributed by atoms with Gasteiger partial charge < -0.3 is 20.1 Å². The third-order valence-corrected chi connectivity index (χ3v) is 4.44. The van der Waals surface area contributed by atoms with E-state index in [9.17, 15) is 0 Å². The number of para-hydroxylation sites is 2. The minimum Gasteiger partial charge on any atom is -0.495 e. The van der Waals surface area contributed by atoms with Crippen molar-refractivity contribution in [3.8, 4) is 11.5 Å². The molecule has 0 aliphatic rings. The lowest BCUT2D eigenvalue weighted by molar-refractivity contribution is 0.342. The summed E-state index contributed by atoms with van der Waals surface area (Å²) < 4.78 is 11.1. The van der Waals surface area contributed by atoms with Gasteiger partial charge in [-0.25, -0.2) is 4.98 Å². The molecule has 6 nitrogen and oxygen atoms in total. The number of anilines is 4. The van der Waals surface area contributed by atoms with Gasteiger partial charge in [0.1, 0.15) is 17.3 Å². The van der Waals surface area contributed by atoms with Crippen LogP contribution in [0.2, 0.25) is 5.02 Å². The molecule has 3 rings (SSSR count). The Morgan fingerprint density at radius 3 is 2.50 bits per heavy atom. The lowest BCUT2D eigenvalue weighted by Gasteiger charge is -2.15. The number of rotatable bonds is 7. The van der Waals surface area contributed by atoms with Gasteiger partial charge in [0.15, 0.2) is 0 Å². The van der Waals surface area contributed by atoms with Crippen LogP contribution in [0.25, 0.3) is 0 Å². The highest BCUT2D eigenvalue weighted by Gasteiger charge is 2.11. The molecule has 0 spiro atoms. The fourth-order valence-electron chi connectivity index (χ4n) is 2.73. The SMILES string of the molecule is CCOc1ccccc1Nc1nc(C)cc(Nc2cc(C)c(Cl)cc2OC)n1. The van der Waals surface area contributed by atoms with Gasteiger partial charge >= 0.3 is 0 Å². The maximum absolute atomic E-state index is 6.19. The molecule has 0 radical (unpaired) electrons. The van der Waals surface area contributed by atoms with Crippen molar-refractivity contribution in [1.82, 2.24) is 9.97 Å². The summed E-state index contributed by atoms with van der Waals surface area (Å²) in [5.74, 6) is 2.51. The third-order valence-electron chi connectivity index (χ3n) is 4.03. The summed E-state index contributed by atoms with van der Waals surface area (Å²) in [6, 6.07) is 13.3. The highest BCUT2D eigenvalue weighted by Crippen LogP contribution is 2.33. The second kappa shape index (κ2) is 8.80. The number of halogens is 1. The average molecular weight is 399 g/mol. The quantitative estimate of drug-likeness (QED) is 0.536. The van der Waals surface area contributed by atoms with Crippen LogP contribution in [0, 0.1) is 13.8 Å². The molecule has 2 aromatic carbocycles. The molecule has 2 N–H and O–H groups in total. The predicted octanol–water partition coefficient (Wildman–Crippen LogP) is 5.64. The van der Waals surface area contributed by atoms with E-state index in [2.05, 4.69) is 20.6 Å². The summed E-state index contributed by atoms with van der Waals surface area (Å²) in [7, 11) is 1.61. The maximum atomic E-state index is 6.19. The number of methoxy groups -OCH3 is 1. The van der Waals surface area contributed by atoms with Gasteiger partial charge in [0.25, 0.3) is 0 Å². The number of nitrogens with zero attached hydrogens (tertiary/aromatic N) is 2. The Hall–Kier alpha value is -2.99. The standard InChI is InChI=1S/C21H23ClN4O2/c1-5-28-18-9-7-6-8-16(18)25-21-23-14(3)11-20(26-21)24-17-10-13(2)15(22)12-19(17)27-4/h6-12H,5H2,1-4H3,(H2,23,24,25,26). The molecule has 0 amide bonds. The molecule has 1 aromatic heterocycles. The summed E-state index contributed by atoms with van der Waals surface area (Å²) in [6.45, 7) is 6.38. The van der Waals surface area contributed by atoms with Crippen LogP contribution in [0.1, 0.15) is 18.2 Å². The van der Waals surface area contributed by atoms with Crippen molar-refractivity contribution in [2.75, 3.05) is 24.4 Å². The first-order chi connectivity index (χ1) is 13.5. The molecule has 0 unspecified atom stereocenters. The van der Waals surface area contributed by atoms with E-state index in [1.807, 2.05) is 57.2 Å². The second-order valence-corrected chi connectivity index (χ2v) is 6.61. The van der Waals surface area contributed by atoms with Gasteiger partial charge in [-0.05, 0) is 44.5 Å². The zero-order chi connectivity index (χ0) is 20.1. The molecule has 0 bridgehead atoms. The molecule has 7 heteroatoms. The monoisotopic (exact) mass is 398 g/mol. The first kappa shape index (κ1) is 19.8. The van der Waals surface area contributed by atoms with Gasteiger partial charge in [0.05, 0.1) is 25.1 Å². The predicted molar refractivity (Wildman–Crippen MR) is 114 cm³/mol. The molecule has 1 heterocycles. The van der Waals surface area contributed by atoms with Gasteiger partial charge in [-0.15, -0.1) is 0 Å². The number of hydrogen-bond donors (Lipinski definition) is 2. The highest BCUT2D eigenvalue weighted by atomic mass is 35.5. The van der Waals surface area contributed by atoms with Crippen molar-refractivity contribution < 1.29 is 9.47 Å². The summed E-state index contributed by atoms with van der Waals surface area (Å²) >= 11 is 6.19. The van der Waals surface area contributed by atoms with Crippen LogP contribution in [0.3, 0.4) is 0 Å². The van der Waals surface area contributed by atoms with Crippen molar-refractivity contribution in [2.24, 2.45) is 0 Å². The van der Waals surface area contributed by atoms with E-state index in [1.165, 1.54) is 0 Å². The normalized spacial score (nSPS) is 10.5. The van der Waals surface area contributed by atoms with E-state index in [0.29, 0.717) is 29.1 Å². The molecule has 0 aliphatic carbocycles. The molecule has 28 heavy (non-hydrogen) atoms. The van der Waals surface area contributed by atoms with Crippen molar-refractivity contribution in [3.05, 3.63) is 58.7 Å². The van der Waals surface area contributed by atoms with Crippen LogP contribution in [-0.2, 0) is 0 Å². The first-order valence-electron chi connectivity index (χ1n) is 8.96. The van der Waals surface area contributed by atoms with Gasteiger partial charge in [-0.3, -0.25) is 0 Å². The topological polar surface area (TPSA) is 68.3 Å². The zero-order valence-corrected chi connectivity index (χ0v) is 17.1. The number of benzene rings is 2. The van der Waals surface area contributed by atoms with Gasteiger partial charge in [-0.1, -0.05) is 23.7 Å². The van der Waals surface area contributed by atoms with E-state index in [1.54, 1.807) is 13.2 Å². The second-order valence-electron chi connectivity index (χ2n) is 6.20. The first-order valence-corrected chi connectivity index (χ1v) is 9.33. The smallest absolute Gasteiger partial charge is 0.229 e. The van der Waals surface area contributed by atoms with Crippen molar-refractivity contribution in [1.29, 1.82) is 0 Å². The molecule has 0 fully saturated rings. The number of aryl methyl sites for hydroxylation is 2. The number of ether oxygens (including phenoxy) is 2. The highest BCUT2D eigenvalue weighted by molar-refractivity contribution is 6.31. The van der Waals surface area contributed by atoms with Gasteiger partial charge in [0, 0.05) is 22.8 Å². The molecular weight excluding hydrogens is 376 g/mol. The van der Waals surface area contributed by atoms with Crippen LogP contribution in [0.4, 0.5) is 23.1 Å². The van der Waals surface area contributed by atoms with Crippen LogP contribution in [0.15, 0.2) is 42.5 Å². The fraction of sp³-hybridized carbons (Fsp3) is 0.238. The van der Waals surface area contributed by atoms with E-state index in [0.717, 1.165) is 28.4 Å². The number of aromatic nitrogens is 2. The largest absolute Gasteiger partial charge is 0.495 e. The molecule has 0 saturated carbocycles. The molecule has 146 valence electrons. The summed E-state index contributed by atoms with van der Waals surface area (Å²) in [6.07, 6.45) is 0. The van der Waals surface area contributed by atoms with Crippen LogP contribution in [-0.4, -0.2) is 23.7 Å². The minimum absolute atomic E-state index is 0.472. The molecule has 0 atom stereocenters. The van der Waals surface area contributed by atoms with E-state index >= 15 is 0 Å². The van der Waals surface area contributed by atoms with Crippen molar-refractivity contribution in [3.63, 3.8) is 0 Å². The fourth-order valence-corrected chi connectivity index (χ4v) is 2.88. The Morgan fingerprint density at radius 2 is 1.75 bits per heavy atom. The van der Waals surface area contributed by atoms with Crippen LogP contribution < -0.4 is 20.1 Å². The van der Waals surface area contributed by atoms with Gasteiger partial charge in [0.2, 0.25) is 5.95 Å². The Bertz CT molecular complexity index is 979. The van der Waals surface area contributed by atoms with Crippen LogP contribution in [0.5, 0.6) is 11.5 Å². The number of hydrogen-bond acceptors (Lipinski definition) is 6. The number of nitrogens with one attached hydrogen (secondary N) is 2. The summed E-state index contributed by atoms with van der Waals surface area (Å²) in [5.41, 5.74) is 3.35. The van der Waals surface area contributed by atoms with Crippen molar-refractivity contribution in [2.45, 2.75) is 20.8 Å². The Balaban J connectivity index is 1.90. The van der Waals surface area contributed by atoms with Crippen LogP contribution >= 0.6 is 11.6 Å².